The molecule has 2 N–H and O–H groups in total. The molecule has 0 aliphatic carbocycles. The smallest absolute Gasteiger partial charge is 0.322 e. The number of aromatic amines is 1. The van der Waals surface area contributed by atoms with Gasteiger partial charge in [-0.1, -0.05) is 16.7 Å². The van der Waals surface area contributed by atoms with Crippen LogP contribution in [0.1, 0.15) is 5.89 Å². The molecule has 0 unspecified atom stereocenters. The Morgan fingerprint density at radius 2 is 2.24 bits per heavy atom. The van der Waals surface area contributed by atoms with Crippen LogP contribution in [0.4, 0.5) is 12.0 Å². The third kappa shape index (κ3) is 1.94. The quantitative estimate of drug-likeness (QED) is 0.730. The van der Waals surface area contributed by atoms with Gasteiger partial charge in [-0.2, -0.15) is 0 Å². The summed E-state index contributed by atoms with van der Waals surface area (Å²) in [4.78, 5) is 7.37. The number of aryl methyl sites for hydroxylation is 1. The Morgan fingerprint density at radius 1 is 1.35 bits per heavy atom. The van der Waals surface area contributed by atoms with Crippen LogP contribution in [0.15, 0.2) is 22.6 Å². The summed E-state index contributed by atoms with van der Waals surface area (Å²) in [5.41, 5.74) is 1.66. The second-order valence-electron chi connectivity index (χ2n) is 3.50. The lowest BCUT2D eigenvalue weighted by atomic mass is 10.3. The van der Waals surface area contributed by atoms with Crippen LogP contribution in [-0.2, 0) is 0 Å². The first-order valence-corrected chi connectivity index (χ1v) is 5.31. The Morgan fingerprint density at radius 3 is 3.00 bits per heavy atom. The predicted octanol–water partition coefficient (Wildman–Crippen LogP) is 2.65. The number of nitrogens with one attached hydrogen (secondary N) is 2. The number of nitrogens with zero attached hydrogens (tertiary/aromatic N) is 3. The van der Waals surface area contributed by atoms with Crippen molar-refractivity contribution in [2.45, 2.75) is 6.92 Å². The summed E-state index contributed by atoms with van der Waals surface area (Å²) in [5, 5.41) is 11.1. The molecule has 2 heterocycles. The second kappa shape index (κ2) is 3.74. The van der Waals surface area contributed by atoms with Gasteiger partial charge in [0.15, 0.2) is 0 Å². The molecule has 7 heteroatoms. The molecule has 3 rings (SSSR count). The number of anilines is 2. The van der Waals surface area contributed by atoms with Gasteiger partial charge in [0.1, 0.15) is 0 Å². The van der Waals surface area contributed by atoms with Crippen molar-refractivity contribution >= 4 is 34.6 Å². The topological polar surface area (TPSA) is 79.6 Å². The largest absolute Gasteiger partial charge is 0.408 e. The normalized spacial score (nSPS) is 10.9. The number of aromatic nitrogens is 4. The minimum Gasteiger partial charge on any atom is -0.408 e. The molecule has 0 saturated heterocycles. The van der Waals surface area contributed by atoms with Gasteiger partial charge < -0.3 is 9.40 Å². The Labute approximate surface area is 101 Å². The Hall–Kier alpha value is -2.08. The molecule has 0 aliphatic rings. The molecule has 86 valence electrons. The van der Waals surface area contributed by atoms with Gasteiger partial charge in [0.05, 0.1) is 11.0 Å². The van der Waals surface area contributed by atoms with E-state index in [0.717, 1.165) is 11.0 Å². The zero-order valence-corrected chi connectivity index (χ0v) is 9.62. The Bertz CT molecular complexity index is 674. The maximum atomic E-state index is 5.88. The molecular weight excluding hydrogens is 242 g/mol. The van der Waals surface area contributed by atoms with Crippen LogP contribution < -0.4 is 5.32 Å². The van der Waals surface area contributed by atoms with E-state index in [9.17, 15) is 0 Å². The number of hydrogen-bond donors (Lipinski definition) is 2. The highest BCUT2D eigenvalue weighted by molar-refractivity contribution is 6.31. The molecule has 0 aliphatic heterocycles. The van der Waals surface area contributed by atoms with Crippen molar-refractivity contribution in [2.24, 2.45) is 0 Å². The predicted molar refractivity (Wildman–Crippen MR) is 63.4 cm³/mol. The highest BCUT2D eigenvalue weighted by Gasteiger charge is 2.07. The third-order valence-electron chi connectivity index (χ3n) is 2.20. The van der Waals surface area contributed by atoms with Gasteiger partial charge in [-0.25, -0.2) is 4.98 Å². The molecule has 2 aromatic heterocycles. The summed E-state index contributed by atoms with van der Waals surface area (Å²) in [5.74, 6) is 1.03. The summed E-state index contributed by atoms with van der Waals surface area (Å²) >= 11 is 5.88. The van der Waals surface area contributed by atoms with Crippen LogP contribution in [0, 0.1) is 6.92 Å². The van der Waals surface area contributed by atoms with Crippen molar-refractivity contribution in [3.8, 4) is 0 Å². The first-order chi connectivity index (χ1) is 8.20. The molecule has 0 spiro atoms. The van der Waals surface area contributed by atoms with Crippen molar-refractivity contribution < 1.29 is 4.42 Å². The zero-order chi connectivity index (χ0) is 11.8. The SMILES string of the molecule is Cc1nnc(Nc2nc3cc(Cl)ccc3[nH]2)o1. The molecule has 0 bridgehead atoms. The standard InChI is InChI=1S/C10H8ClN5O/c1-5-15-16-10(17-5)14-9-12-7-3-2-6(11)4-8(7)13-9/h2-4H,1H3,(H2,12,13,14,16). The summed E-state index contributed by atoms with van der Waals surface area (Å²) in [6, 6.07) is 5.72. The van der Waals surface area contributed by atoms with Gasteiger partial charge in [0, 0.05) is 11.9 Å². The monoisotopic (exact) mass is 249 g/mol. The summed E-state index contributed by atoms with van der Waals surface area (Å²) in [6.45, 7) is 1.72. The third-order valence-corrected chi connectivity index (χ3v) is 2.43. The fraction of sp³-hybridized carbons (Fsp3) is 0.100. The van der Waals surface area contributed by atoms with Crippen molar-refractivity contribution in [2.75, 3.05) is 5.32 Å². The van der Waals surface area contributed by atoms with E-state index in [1.54, 1.807) is 19.1 Å². The first kappa shape index (κ1) is 10.1. The van der Waals surface area contributed by atoms with Crippen LogP contribution >= 0.6 is 11.6 Å². The van der Waals surface area contributed by atoms with E-state index in [0.29, 0.717) is 22.9 Å². The zero-order valence-electron chi connectivity index (χ0n) is 8.86. The summed E-state index contributed by atoms with van der Waals surface area (Å²) in [7, 11) is 0. The van der Waals surface area contributed by atoms with Crippen LogP contribution in [-0.4, -0.2) is 20.2 Å². The lowest BCUT2D eigenvalue weighted by Crippen LogP contribution is -1.91. The van der Waals surface area contributed by atoms with E-state index in [2.05, 4.69) is 25.5 Å². The number of fused-ring (bicyclic) bond motifs is 1. The van der Waals surface area contributed by atoms with Crippen LogP contribution in [0.2, 0.25) is 5.02 Å². The van der Waals surface area contributed by atoms with E-state index in [1.165, 1.54) is 0 Å². The van der Waals surface area contributed by atoms with E-state index in [1.807, 2.05) is 6.07 Å². The number of H-pyrrole nitrogens is 1. The van der Waals surface area contributed by atoms with Gasteiger partial charge in [-0.15, -0.1) is 5.10 Å². The molecule has 0 atom stereocenters. The van der Waals surface area contributed by atoms with E-state index in [-0.39, 0.29) is 0 Å². The molecule has 0 saturated carbocycles. The van der Waals surface area contributed by atoms with E-state index >= 15 is 0 Å². The van der Waals surface area contributed by atoms with E-state index in [4.69, 9.17) is 16.0 Å². The minimum atomic E-state index is 0.299. The molecule has 0 radical (unpaired) electrons. The minimum absolute atomic E-state index is 0.299. The molecule has 1 aromatic carbocycles. The highest BCUT2D eigenvalue weighted by atomic mass is 35.5. The number of halogens is 1. The number of rotatable bonds is 2. The lowest BCUT2D eigenvalue weighted by molar-refractivity contribution is 0.535. The fourth-order valence-corrected chi connectivity index (χ4v) is 1.65. The van der Waals surface area contributed by atoms with Crippen molar-refractivity contribution in [1.29, 1.82) is 0 Å². The van der Waals surface area contributed by atoms with Gasteiger partial charge in [0.2, 0.25) is 11.8 Å². The average Bonchev–Trinajstić information content (AvgIpc) is 2.84. The summed E-state index contributed by atoms with van der Waals surface area (Å²) in [6.07, 6.45) is 0. The molecular formula is C10H8ClN5O. The average molecular weight is 250 g/mol. The number of imidazole rings is 1. The number of hydrogen-bond acceptors (Lipinski definition) is 5. The van der Waals surface area contributed by atoms with Crippen molar-refractivity contribution in [3.63, 3.8) is 0 Å². The van der Waals surface area contributed by atoms with Gasteiger partial charge >= 0.3 is 6.01 Å². The maximum absolute atomic E-state index is 5.88. The van der Waals surface area contributed by atoms with Crippen molar-refractivity contribution in [3.05, 3.63) is 29.1 Å². The fourth-order valence-electron chi connectivity index (χ4n) is 1.49. The molecule has 6 nitrogen and oxygen atoms in total. The highest BCUT2D eigenvalue weighted by Crippen LogP contribution is 2.20. The molecule has 0 amide bonds. The van der Waals surface area contributed by atoms with Crippen LogP contribution in [0.5, 0.6) is 0 Å². The van der Waals surface area contributed by atoms with Gasteiger partial charge in [-0.05, 0) is 18.2 Å². The van der Waals surface area contributed by atoms with Crippen LogP contribution in [0.3, 0.4) is 0 Å². The molecule has 3 aromatic rings. The first-order valence-electron chi connectivity index (χ1n) is 4.93. The maximum Gasteiger partial charge on any atom is 0.322 e. The van der Waals surface area contributed by atoms with Gasteiger partial charge in [0.25, 0.3) is 0 Å². The van der Waals surface area contributed by atoms with Gasteiger partial charge in [-0.3, -0.25) is 5.32 Å². The van der Waals surface area contributed by atoms with Crippen molar-refractivity contribution in [1.82, 2.24) is 20.2 Å². The van der Waals surface area contributed by atoms with Crippen LogP contribution in [0.25, 0.3) is 11.0 Å². The second-order valence-corrected chi connectivity index (χ2v) is 3.93. The summed E-state index contributed by atoms with van der Waals surface area (Å²) < 4.78 is 5.19. The Balaban J connectivity index is 1.95. The Kier molecular flexibility index (Phi) is 2.22. The molecule has 17 heavy (non-hydrogen) atoms. The lowest BCUT2D eigenvalue weighted by Gasteiger charge is -1.92. The van der Waals surface area contributed by atoms with E-state index < -0.39 is 0 Å². The molecule has 0 fully saturated rings. The number of benzene rings is 1.